The van der Waals surface area contributed by atoms with Gasteiger partial charge in [-0.15, -0.1) is 0 Å². The third-order valence-corrected chi connectivity index (χ3v) is 6.41. The molecule has 5 rings (SSSR count). The van der Waals surface area contributed by atoms with Crippen molar-refractivity contribution in [2.75, 3.05) is 5.32 Å². The van der Waals surface area contributed by atoms with Crippen LogP contribution in [0.15, 0.2) is 66.9 Å². The molecule has 7 heteroatoms. The summed E-state index contributed by atoms with van der Waals surface area (Å²) in [6.45, 7) is 8.67. The number of hydrogen-bond acceptors (Lipinski definition) is 4. The third kappa shape index (κ3) is 4.33. The Kier molecular flexibility index (Phi) is 5.91. The van der Waals surface area contributed by atoms with Gasteiger partial charge in [0.2, 0.25) is 5.91 Å². The number of benzene rings is 2. The second kappa shape index (κ2) is 9.18. The van der Waals surface area contributed by atoms with Crippen LogP contribution in [0.2, 0.25) is 0 Å². The molecule has 0 atom stereocenters. The summed E-state index contributed by atoms with van der Waals surface area (Å²) in [7, 11) is 0. The van der Waals surface area contributed by atoms with E-state index in [2.05, 4.69) is 51.7 Å². The molecule has 0 aliphatic rings. The Bertz CT molecular complexity index is 1530. The minimum absolute atomic E-state index is 0.0669. The Morgan fingerprint density at radius 3 is 2.34 bits per heavy atom. The lowest BCUT2D eigenvalue weighted by molar-refractivity contribution is -0.116. The number of aromatic nitrogens is 5. The fourth-order valence-corrected chi connectivity index (χ4v) is 4.55. The van der Waals surface area contributed by atoms with Gasteiger partial charge in [-0.1, -0.05) is 54.6 Å². The van der Waals surface area contributed by atoms with Gasteiger partial charge in [0.1, 0.15) is 6.54 Å². The van der Waals surface area contributed by atoms with Gasteiger partial charge in [-0.05, 0) is 56.0 Å². The molecule has 2 aromatic carbocycles. The molecule has 1 N–H and O–H groups in total. The molecule has 7 nitrogen and oxygen atoms in total. The molecule has 3 aromatic heterocycles. The normalized spacial score (nSPS) is 11.2. The molecule has 0 unspecified atom stereocenters. The van der Waals surface area contributed by atoms with Crippen LogP contribution >= 0.6 is 0 Å². The van der Waals surface area contributed by atoms with Crippen molar-refractivity contribution in [1.29, 1.82) is 0 Å². The third-order valence-electron chi connectivity index (χ3n) is 6.41. The maximum Gasteiger partial charge on any atom is 0.246 e. The van der Waals surface area contributed by atoms with Crippen molar-refractivity contribution < 1.29 is 4.79 Å². The summed E-state index contributed by atoms with van der Waals surface area (Å²) in [6.07, 6.45) is 1.77. The highest BCUT2D eigenvalue weighted by Gasteiger charge is 2.18. The van der Waals surface area contributed by atoms with Crippen molar-refractivity contribution in [3.63, 3.8) is 0 Å². The Balaban J connectivity index is 1.39. The van der Waals surface area contributed by atoms with Gasteiger partial charge in [0.15, 0.2) is 5.65 Å². The minimum Gasteiger partial charge on any atom is -0.321 e. The highest BCUT2D eigenvalue weighted by molar-refractivity contribution is 5.96. The highest BCUT2D eigenvalue weighted by atomic mass is 16.2. The number of amides is 1. The molecule has 0 saturated carbocycles. The number of aryl methyl sites for hydroxylation is 3. The number of hydrogen-bond donors (Lipinski definition) is 1. The van der Waals surface area contributed by atoms with E-state index in [9.17, 15) is 4.79 Å². The van der Waals surface area contributed by atoms with Gasteiger partial charge in [-0.25, -0.2) is 9.67 Å². The van der Waals surface area contributed by atoms with E-state index in [-0.39, 0.29) is 12.5 Å². The molecule has 0 fully saturated rings. The number of fused-ring (bicyclic) bond motifs is 1. The fraction of sp³-hybridized carbons (Fsp3) is 0.214. The Morgan fingerprint density at radius 1 is 0.857 bits per heavy atom. The summed E-state index contributed by atoms with van der Waals surface area (Å²) in [5, 5.41) is 13.3. The predicted molar refractivity (Wildman–Crippen MR) is 138 cm³/mol. The van der Waals surface area contributed by atoms with E-state index >= 15 is 0 Å². The second-order valence-electron chi connectivity index (χ2n) is 8.84. The summed E-state index contributed by atoms with van der Waals surface area (Å²) in [6, 6.07) is 20.4. The van der Waals surface area contributed by atoms with Gasteiger partial charge in [0.25, 0.3) is 0 Å². The maximum atomic E-state index is 13.1. The Labute approximate surface area is 204 Å². The summed E-state index contributed by atoms with van der Waals surface area (Å²) >= 11 is 0. The van der Waals surface area contributed by atoms with E-state index in [4.69, 9.17) is 0 Å². The summed E-state index contributed by atoms with van der Waals surface area (Å²) in [5.41, 5.74) is 8.57. The van der Waals surface area contributed by atoms with Crippen LogP contribution in [0.4, 0.5) is 5.69 Å². The zero-order valence-corrected chi connectivity index (χ0v) is 20.4. The first-order chi connectivity index (χ1) is 16.9. The molecule has 0 bridgehead atoms. The van der Waals surface area contributed by atoms with Crippen molar-refractivity contribution >= 4 is 22.6 Å². The number of carbonyl (C=O) groups is 1. The lowest BCUT2D eigenvalue weighted by Gasteiger charge is -2.09. The van der Waals surface area contributed by atoms with Crippen LogP contribution in [0.5, 0.6) is 0 Å². The SMILES string of the molecule is Cc1ccccc1Cn1nc(C)c(NC(=O)Cn2nc(C)c3c(-c4ccccc4)ccnc32)c1C. The molecular formula is C28H28N6O. The number of nitrogens with one attached hydrogen (secondary N) is 1. The van der Waals surface area contributed by atoms with Crippen LogP contribution in [0.25, 0.3) is 22.2 Å². The first-order valence-electron chi connectivity index (χ1n) is 11.7. The molecule has 5 aromatic rings. The zero-order chi connectivity index (χ0) is 24.5. The van der Waals surface area contributed by atoms with Gasteiger partial charge in [-0.2, -0.15) is 10.2 Å². The second-order valence-corrected chi connectivity index (χ2v) is 8.84. The standard InChI is InChI=1S/C28H28N6O/c1-18-10-8-9-13-23(18)16-33-21(4)27(20(3)32-33)30-25(35)17-34-28-26(19(2)31-34)24(14-15-29-28)22-11-6-5-7-12-22/h5-15H,16-17H2,1-4H3,(H,30,35). The van der Waals surface area contributed by atoms with E-state index in [1.165, 1.54) is 11.1 Å². The van der Waals surface area contributed by atoms with Crippen LogP contribution in [0.1, 0.15) is 28.2 Å². The van der Waals surface area contributed by atoms with Gasteiger partial charge >= 0.3 is 0 Å². The largest absolute Gasteiger partial charge is 0.321 e. The van der Waals surface area contributed by atoms with Crippen molar-refractivity contribution in [1.82, 2.24) is 24.5 Å². The monoisotopic (exact) mass is 464 g/mol. The first kappa shape index (κ1) is 22.5. The number of pyridine rings is 1. The lowest BCUT2D eigenvalue weighted by Crippen LogP contribution is -2.20. The van der Waals surface area contributed by atoms with Crippen LogP contribution in [-0.2, 0) is 17.9 Å². The number of rotatable bonds is 6. The van der Waals surface area contributed by atoms with Gasteiger partial charge in [0, 0.05) is 11.6 Å². The van der Waals surface area contributed by atoms with E-state index in [0.717, 1.165) is 39.3 Å². The minimum atomic E-state index is -0.164. The van der Waals surface area contributed by atoms with Crippen LogP contribution in [0, 0.1) is 27.7 Å². The number of nitrogens with zero attached hydrogens (tertiary/aromatic N) is 5. The maximum absolute atomic E-state index is 13.1. The van der Waals surface area contributed by atoms with Crippen molar-refractivity contribution in [3.8, 4) is 11.1 Å². The van der Waals surface area contributed by atoms with E-state index < -0.39 is 0 Å². The molecule has 0 spiro atoms. The summed E-state index contributed by atoms with van der Waals surface area (Å²) in [4.78, 5) is 17.6. The van der Waals surface area contributed by atoms with Crippen molar-refractivity contribution in [2.24, 2.45) is 0 Å². The fourth-order valence-electron chi connectivity index (χ4n) is 4.55. The topological polar surface area (TPSA) is 77.6 Å². The van der Waals surface area contributed by atoms with Crippen molar-refractivity contribution in [3.05, 3.63) is 95.1 Å². The lowest BCUT2D eigenvalue weighted by atomic mass is 10.0. The number of anilines is 1. The van der Waals surface area contributed by atoms with Gasteiger partial charge in [-0.3, -0.25) is 9.48 Å². The molecule has 1 amide bonds. The first-order valence-corrected chi connectivity index (χ1v) is 11.7. The van der Waals surface area contributed by atoms with E-state index in [0.29, 0.717) is 12.2 Å². The molecule has 3 heterocycles. The smallest absolute Gasteiger partial charge is 0.246 e. The van der Waals surface area contributed by atoms with Crippen LogP contribution in [-0.4, -0.2) is 30.5 Å². The van der Waals surface area contributed by atoms with Gasteiger partial charge in [0.05, 0.1) is 29.3 Å². The van der Waals surface area contributed by atoms with E-state index in [1.54, 1.807) is 10.9 Å². The Morgan fingerprint density at radius 2 is 1.57 bits per heavy atom. The van der Waals surface area contributed by atoms with E-state index in [1.807, 2.05) is 61.9 Å². The predicted octanol–water partition coefficient (Wildman–Crippen LogP) is 5.22. The molecule has 35 heavy (non-hydrogen) atoms. The number of carbonyl (C=O) groups excluding carboxylic acids is 1. The summed E-state index contributed by atoms with van der Waals surface area (Å²) < 4.78 is 3.61. The molecule has 0 saturated heterocycles. The molecule has 176 valence electrons. The van der Waals surface area contributed by atoms with Crippen LogP contribution < -0.4 is 5.32 Å². The quantitative estimate of drug-likeness (QED) is 0.374. The Hall–Kier alpha value is -4.26. The van der Waals surface area contributed by atoms with Crippen molar-refractivity contribution in [2.45, 2.75) is 40.8 Å². The summed E-state index contributed by atoms with van der Waals surface area (Å²) in [5.74, 6) is -0.164. The highest BCUT2D eigenvalue weighted by Crippen LogP contribution is 2.29. The zero-order valence-electron chi connectivity index (χ0n) is 20.4. The molecule has 0 radical (unpaired) electrons. The average molecular weight is 465 g/mol. The molecule has 0 aliphatic carbocycles. The average Bonchev–Trinajstić information content (AvgIpc) is 3.31. The van der Waals surface area contributed by atoms with Gasteiger partial charge < -0.3 is 5.32 Å². The molecule has 0 aliphatic heterocycles. The molecular weight excluding hydrogens is 436 g/mol. The van der Waals surface area contributed by atoms with Crippen LogP contribution in [0.3, 0.4) is 0 Å².